The summed E-state index contributed by atoms with van der Waals surface area (Å²) in [5, 5.41) is -0.458. The number of amides is 1. The van der Waals surface area contributed by atoms with Crippen LogP contribution in [0.5, 0.6) is 11.5 Å². The third-order valence-corrected chi connectivity index (χ3v) is 5.36. The van der Waals surface area contributed by atoms with Crippen molar-refractivity contribution in [3.05, 3.63) is 58.9 Å². The highest BCUT2D eigenvalue weighted by atomic mass is 32.2. The van der Waals surface area contributed by atoms with Crippen molar-refractivity contribution in [3.8, 4) is 11.5 Å². The smallest absolute Gasteiger partial charge is 0.258 e. The highest BCUT2D eigenvalue weighted by Crippen LogP contribution is 2.44. The monoisotopic (exact) mass is 383 g/mol. The summed E-state index contributed by atoms with van der Waals surface area (Å²) in [5.74, 6) is -3.43. The zero-order valence-electron chi connectivity index (χ0n) is 14.1. The molecule has 1 saturated heterocycles. The minimum absolute atomic E-state index is 0.340. The summed E-state index contributed by atoms with van der Waals surface area (Å²) in [6.07, 6.45) is 0. The van der Waals surface area contributed by atoms with E-state index in [-0.39, 0.29) is 0 Å². The predicted molar refractivity (Wildman–Crippen MR) is 92.1 cm³/mol. The van der Waals surface area contributed by atoms with Gasteiger partial charge in [-0.15, -0.1) is 11.8 Å². The Morgan fingerprint density at radius 3 is 2.58 bits per heavy atom. The fourth-order valence-electron chi connectivity index (χ4n) is 2.81. The van der Waals surface area contributed by atoms with Crippen LogP contribution in [-0.4, -0.2) is 37.3 Å². The second-order valence-corrected chi connectivity index (χ2v) is 6.74. The van der Waals surface area contributed by atoms with E-state index >= 15 is 0 Å². The lowest BCUT2D eigenvalue weighted by Gasteiger charge is -2.26. The molecular formula is C18H16F3NO3S. The molecule has 8 heteroatoms. The molecule has 1 unspecified atom stereocenters. The van der Waals surface area contributed by atoms with E-state index in [1.165, 1.54) is 30.9 Å². The quantitative estimate of drug-likeness (QED) is 0.748. The molecule has 2 aromatic rings. The lowest BCUT2D eigenvalue weighted by molar-refractivity contribution is 0.0753. The molecule has 138 valence electrons. The number of rotatable bonds is 4. The van der Waals surface area contributed by atoms with Gasteiger partial charge in [0.1, 0.15) is 16.9 Å². The first-order valence-electron chi connectivity index (χ1n) is 7.76. The van der Waals surface area contributed by atoms with Crippen LogP contribution in [0.1, 0.15) is 21.3 Å². The zero-order chi connectivity index (χ0) is 18.8. The van der Waals surface area contributed by atoms with Crippen molar-refractivity contribution in [3.63, 3.8) is 0 Å². The van der Waals surface area contributed by atoms with Gasteiger partial charge in [-0.1, -0.05) is 0 Å². The van der Waals surface area contributed by atoms with Crippen molar-refractivity contribution in [2.75, 3.05) is 26.5 Å². The number of hydrogen-bond donors (Lipinski definition) is 0. The topological polar surface area (TPSA) is 38.8 Å². The van der Waals surface area contributed by atoms with Crippen LogP contribution in [0, 0.1) is 17.5 Å². The van der Waals surface area contributed by atoms with Crippen molar-refractivity contribution in [2.24, 2.45) is 0 Å². The summed E-state index contributed by atoms with van der Waals surface area (Å²) in [7, 11) is 3.03. The number of carbonyl (C=O) groups is 1. The molecule has 1 aliphatic rings. The summed E-state index contributed by atoms with van der Waals surface area (Å²) in [5.41, 5.74) is 0.184. The lowest BCUT2D eigenvalue weighted by atomic mass is 10.1. The van der Waals surface area contributed by atoms with E-state index in [0.29, 0.717) is 29.4 Å². The molecule has 0 radical (unpaired) electrons. The van der Waals surface area contributed by atoms with Crippen molar-refractivity contribution in [1.82, 2.24) is 4.90 Å². The van der Waals surface area contributed by atoms with E-state index in [4.69, 9.17) is 9.47 Å². The number of methoxy groups -OCH3 is 2. The van der Waals surface area contributed by atoms with Crippen LogP contribution in [0.4, 0.5) is 13.2 Å². The Balaban J connectivity index is 1.99. The summed E-state index contributed by atoms with van der Waals surface area (Å²) in [6.45, 7) is 0.340. The van der Waals surface area contributed by atoms with E-state index in [2.05, 4.69) is 0 Å². The minimum atomic E-state index is -1.65. The average molecular weight is 383 g/mol. The Labute approximate surface area is 152 Å². The molecule has 1 amide bonds. The van der Waals surface area contributed by atoms with Crippen LogP contribution >= 0.6 is 11.8 Å². The standard InChI is InChI=1S/C18H16F3NO3S/c1-24-10-3-6-14(25-2)12(9-10)18-22(7-8-26-18)17(23)11-4-5-13(19)16(21)15(11)20/h3-6,9,18H,7-8H2,1-2H3. The summed E-state index contributed by atoms with van der Waals surface area (Å²) < 4.78 is 51.3. The van der Waals surface area contributed by atoms with Crippen LogP contribution in [0.3, 0.4) is 0 Å². The zero-order valence-corrected chi connectivity index (χ0v) is 14.9. The first-order valence-corrected chi connectivity index (χ1v) is 8.80. The molecule has 2 aromatic carbocycles. The van der Waals surface area contributed by atoms with Crippen LogP contribution in [0.25, 0.3) is 0 Å². The summed E-state index contributed by atoms with van der Waals surface area (Å²) >= 11 is 1.47. The van der Waals surface area contributed by atoms with E-state index in [9.17, 15) is 18.0 Å². The van der Waals surface area contributed by atoms with Gasteiger partial charge in [0, 0.05) is 17.9 Å². The van der Waals surface area contributed by atoms with Crippen LogP contribution in [0.15, 0.2) is 30.3 Å². The molecule has 0 N–H and O–H groups in total. The van der Waals surface area contributed by atoms with Gasteiger partial charge in [0.25, 0.3) is 5.91 Å². The van der Waals surface area contributed by atoms with Gasteiger partial charge in [0.15, 0.2) is 17.5 Å². The van der Waals surface area contributed by atoms with Crippen molar-refractivity contribution >= 4 is 17.7 Å². The van der Waals surface area contributed by atoms with Gasteiger partial charge in [-0.2, -0.15) is 0 Å². The second-order valence-electron chi connectivity index (χ2n) is 5.55. The number of ether oxygens (including phenoxy) is 2. The number of thioether (sulfide) groups is 1. The van der Waals surface area contributed by atoms with Gasteiger partial charge in [0.05, 0.1) is 19.8 Å². The van der Waals surface area contributed by atoms with Crippen molar-refractivity contribution in [2.45, 2.75) is 5.37 Å². The molecule has 0 saturated carbocycles. The summed E-state index contributed by atoms with van der Waals surface area (Å²) in [4.78, 5) is 14.2. The van der Waals surface area contributed by atoms with Gasteiger partial charge >= 0.3 is 0 Å². The average Bonchev–Trinajstić information content (AvgIpc) is 3.14. The first-order chi connectivity index (χ1) is 12.5. The number of benzene rings is 2. The van der Waals surface area contributed by atoms with E-state index < -0.39 is 34.3 Å². The van der Waals surface area contributed by atoms with Gasteiger partial charge in [0.2, 0.25) is 0 Å². The van der Waals surface area contributed by atoms with Gasteiger partial charge in [-0.3, -0.25) is 4.79 Å². The summed E-state index contributed by atoms with van der Waals surface area (Å²) in [6, 6.07) is 6.88. The van der Waals surface area contributed by atoms with Crippen LogP contribution in [0.2, 0.25) is 0 Å². The lowest BCUT2D eigenvalue weighted by Crippen LogP contribution is -2.31. The number of hydrogen-bond acceptors (Lipinski definition) is 4. The highest BCUT2D eigenvalue weighted by Gasteiger charge is 2.35. The second kappa shape index (κ2) is 7.49. The molecule has 1 fully saturated rings. The van der Waals surface area contributed by atoms with Gasteiger partial charge < -0.3 is 14.4 Å². The maximum atomic E-state index is 14.0. The Kier molecular flexibility index (Phi) is 5.31. The van der Waals surface area contributed by atoms with Crippen LogP contribution < -0.4 is 9.47 Å². The number of nitrogens with zero attached hydrogens (tertiary/aromatic N) is 1. The van der Waals surface area contributed by atoms with E-state index in [1.54, 1.807) is 18.2 Å². The molecule has 0 spiro atoms. The molecule has 0 bridgehead atoms. The minimum Gasteiger partial charge on any atom is -0.497 e. The molecule has 4 nitrogen and oxygen atoms in total. The molecule has 26 heavy (non-hydrogen) atoms. The molecule has 1 heterocycles. The fraction of sp³-hybridized carbons (Fsp3) is 0.278. The fourth-order valence-corrected chi connectivity index (χ4v) is 4.08. The highest BCUT2D eigenvalue weighted by molar-refractivity contribution is 7.99. The van der Waals surface area contributed by atoms with Gasteiger partial charge in [-0.05, 0) is 30.3 Å². The SMILES string of the molecule is COc1ccc(OC)c(C2SCCN2C(=O)c2ccc(F)c(F)c2F)c1. The Morgan fingerprint density at radius 1 is 1.12 bits per heavy atom. The molecule has 1 aliphatic heterocycles. The van der Waals surface area contributed by atoms with E-state index in [1.807, 2.05) is 0 Å². The molecule has 1 atom stereocenters. The Bertz CT molecular complexity index is 847. The maximum Gasteiger partial charge on any atom is 0.258 e. The predicted octanol–water partition coefficient (Wildman–Crippen LogP) is 4.01. The van der Waals surface area contributed by atoms with Crippen LogP contribution in [-0.2, 0) is 0 Å². The van der Waals surface area contributed by atoms with Crippen molar-refractivity contribution in [1.29, 1.82) is 0 Å². The largest absolute Gasteiger partial charge is 0.497 e. The maximum absolute atomic E-state index is 14.0. The number of carbonyl (C=O) groups excluding carboxylic acids is 1. The third kappa shape index (κ3) is 3.21. The first kappa shape index (κ1) is 18.4. The third-order valence-electron chi connectivity index (χ3n) is 4.12. The Hall–Kier alpha value is -2.35. The van der Waals surface area contributed by atoms with Gasteiger partial charge in [-0.25, -0.2) is 13.2 Å². The van der Waals surface area contributed by atoms with E-state index in [0.717, 1.165) is 12.1 Å². The normalized spacial score (nSPS) is 16.7. The molecule has 3 rings (SSSR count). The Morgan fingerprint density at radius 2 is 1.88 bits per heavy atom. The number of halogens is 3. The molecule has 0 aliphatic carbocycles. The molecule has 0 aromatic heterocycles. The van der Waals surface area contributed by atoms with Crippen molar-refractivity contribution < 1.29 is 27.4 Å². The molecular weight excluding hydrogens is 367 g/mol.